The van der Waals surface area contributed by atoms with Crippen molar-refractivity contribution >= 4 is 11.6 Å². The Morgan fingerprint density at radius 1 is 1.29 bits per heavy atom. The Morgan fingerprint density at radius 2 is 1.64 bits per heavy atom. The zero-order valence-corrected chi connectivity index (χ0v) is 10.2. The number of nitrogens with zero attached hydrogens (tertiary/aromatic N) is 2. The van der Waals surface area contributed by atoms with Gasteiger partial charge in [0.2, 0.25) is 0 Å². The van der Waals surface area contributed by atoms with Crippen molar-refractivity contribution < 1.29 is 4.79 Å². The maximum atomic E-state index is 10.5. The molecule has 0 saturated heterocycles. The van der Waals surface area contributed by atoms with E-state index in [0.717, 1.165) is 5.12 Å². The number of carbonyl (C=O) groups excluding carboxylic acids is 1. The fourth-order valence-corrected chi connectivity index (χ4v) is 0.280. The quantitative estimate of drug-likeness (QED) is 0.312. The Bertz CT molecular complexity index is 157. The topological polar surface area (TPSA) is 84.7 Å². The van der Waals surface area contributed by atoms with Crippen molar-refractivity contribution in [3.8, 4) is 0 Å². The predicted octanol–water partition coefficient (Wildman–Crippen LogP) is 1.10. The fourth-order valence-electron chi connectivity index (χ4n) is 0.280. The zero-order chi connectivity index (χ0) is 12.1. The predicted molar refractivity (Wildman–Crippen MR) is 61.6 cm³/mol. The summed E-state index contributed by atoms with van der Waals surface area (Å²) in [6.45, 7) is 11.7. The summed E-state index contributed by atoms with van der Waals surface area (Å²) in [7, 11) is 0. The lowest BCUT2D eigenvalue weighted by Gasteiger charge is -2.08. The normalized spacial score (nSPS) is 8.93. The number of carbonyl (C=O) groups is 1. The number of hydrogen-bond donors (Lipinski definition) is 2. The van der Waals surface area contributed by atoms with E-state index in [4.69, 9.17) is 11.6 Å². The molecular weight excluding hydrogens is 180 g/mol. The van der Waals surface area contributed by atoms with E-state index in [1.807, 2.05) is 27.7 Å². The van der Waals surface area contributed by atoms with E-state index in [-0.39, 0.29) is 11.6 Å². The number of hydrazine groups is 1. The molecule has 0 aliphatic rings. The first-order chi connectivity index (χ1) is 6.57. The molecule has 0 aromatic rings. The Kier molecular flexibility index (Phi) is 19.2. The molecule has 0 heterocycles. The molecule has 0 spiro atoms. The van der Waals surface area contributed by atoms with Gasteiger partial charge >= 0.3 is 0 Å². The standard InChI is InChI=1S/C5H12N4O.2C2H6/c1-3-9(7)8-5(6)4(2)10;2*1-2/h3,7H2,1-2H3,(H2,6,8);2*1-2H3. The van der Waals surface area contributed by atoms with Crippen molar-refractivity contribution in [3.05, 3.63) is 0 Å². The molecule has 0 atom stereocenters. The van der Waals surface area contributed by atoms with Crippen LogP contribution in [0, 0.1) is 0 Å². The van der Waals surface area contributed by atoms with Crippen LogP contribution in [0.15, 0.2) is 5.10 Å². The van der Waals surface area contributed by atoms with Gasteiger partial charge in [-0.1, -0.05) is 27.7 Å². The highest BCUT2D eigenvalue weighted by Gasteiger charge is 1.99. The first kappa shape index (κ1) is 18.6. The third-order valence-electron chi connectivity index (χ3n) is 0.921. The van der Waals surface area contributed by atoms with Crippen LogP contribution in [0.2, 0.25) is 0 Å². The van der Waals surface area contributed by atoms with Crippen LogP contribution in [0.1, 0.15) is 41.5 Å². The molecule has 5 nitrogen and oxygen atoms in total. The average Bonchev–Trinajstić information content (AvgIpc) is 2.23. The highest BCUT2D eigenvalue weighted by molar-refractivity contribution is 6.37. The summed E-state index contributed by atoms with van der Waals surface area (Å²) in [6.07, 6.45) is 0. The molecule has 5 heteroatoms. The molecule has 0 aromatic heterocycles. The number of hydrogen-bond acceptors (Lipinski definition) is 4. The minimum Gasteiger partial charge on any atom is -0.379 e. The average molecular weight is 204 g/mol. The maximum absolute atomic E-state index is 10.5. The maximum Gasteiger partial charge on any atom is 0.196 e. The van der Waals surface area contributed by atoms with Crippen LogP contribution in [0.25, 0.3) is 0 Å². The number of Topliss-reactive ketones (excluding diaryl/α,β-unsaturated/α-hetero) is 1. The van der Waals surface area contributed by atoms with E-state index in [1.54, 1.807) is 6.92 Å². The summed E-state index contributed by atoms with van der Waals surface area (Å²) in [4.78, 5) is 10.5. The lowest BCUT2D eigenvalue weighted by molar-refractivity contribution is -0.111. The van der Waals surface area contributed by atoms with Gasteiger partial charge in [-0.25, -0.2) is 11.0 Å². The molecule has 0 radical (unpaired) electrons. The van der Waals surface area contributed by atoms with Gasteiger partial charge in [-0.15, -0.1) is 5.10 Å². The summed E-state index contributed by atoms with van der Waals surface area (Å²) in [6, 6.07) is 0. The molecule has 0 saturated carbocycles. The summed E-state index contributed by atoms with van der Waals surface area (Å²) in [5.41, 5.74) is 5.17. The number of nitrogens with two attached hydrogens (primary N) is 2. The Labute approximate surface area is 87.1 Å². The first-order valence-electron chi connectivity index (χ1n) is 4.95. The Balaban J connectivity index is -0.000000266. The SMILES string of the molecule is CC.CC.CCN(N)/N=C(\N)C(C)=O. The summed E-state index contributed by atoms with van der Waals surface area (Å²) in [5.74, 6) is 4.89. The van der Waals surface area contributed by atoms with Crippen LogP contribution in [0.4, 0.5) is 0 Å². The van der Waals surface area contributed by atoms with Gasteiger partial charge in [0.25, 0.3) is 0 Å². The molecule has 0 unspecified atom stereocenters. The number of hydrazone groups is 1. The van der Waals surface area contributed by atoms with Crippen molar-refractivity contribution in [2.24, 2.45) is 16.7 Å². The zero-order valence-electron chi connectivity index (χ0n) is 10.2. The first-order valence-corrected chi connectivity index (χ1v) is 4.95. The van der Waals surface area contributed by atoms with Gasteiger partial charge in [-0.05, 0) is 6.92 Å². The van der Waals surface area contributed by atoms with Crippen molar-refractivity contribution in [2.45, 2.75) is 41.5 Å². The molecule has 0 rings (SSSR count). The van der Waals surface area contributed by atoms with Gasteiger partial charge in [-0.3, -0.25) is 4.79 Å². The largest absolute Gasteiger partial charge is 0.379 e. The molecule has 0 aromatic carbocycles. The van der Waals surface area contributed by atoms with Crippen LogP contribution in [-0.4, -0.2) is 23.3 Å². The van der Waals surface area contributed by atoms with Gasteiger partial charge < -0.3 is 5.73 Å². The van der Waals surface area contributed by atoms with Crippen molar-refractivity contribution in [3.63, 3.8) is 0 Å². The monoisotopic (exact) mass is 204 g/mol. The second kappa shape index (κ2) is 14.4. The molecule has 86 valence electrons. The third kappa shape index (κ3) is 13.5. The molecule has 0 aliphatic carbocycles. The van der Waals surface area contributed by atoms with Crippen LogP contribution in [0.5, 0.6) is 0 Å². The van der Waals surface area contributed by atoms with Crippen LogP contribution >= 0.6 is 0 Å². The van der Waals surface area contributed by atoms with E-state index in [0.29, 0.717) is 6.54 Å². The second-order valence-electron chi connectivity index (χ2n) is 1.80. The Morgan fingerprint density at radius 3 is 1.86 bits per heavy atom. The van der Waals surface area contributed by atoms with E-state index in [1.165, 1.54) is 6.92 Å². The van der Waals surface area contributed by atoms with Crippen LogP contribution in [-0.2, 0) is 4.79 Å². The van der Waals surface area contributed by atoms with Gasteiger partial charge in [0.1, 0.15) is 0 Å². The third-order valence-corrected chi connectivity index (χ3v) is 0.921. The molecule has 0 aliphatic heterocycles. The van der Waals surface area contributed by atoms with Crippen molar-refractivity contribution in [1.29, 1.82) is 0 Å². The van der Waals surface area contributed by atoms with E-state index in [2.05, 4.69) is 5.10 Å². The van der Waals surface area contributed by atoms with Crippen LogP contribution in [0.3, 0.4) is 0 Å². The summed E-state index contributed by atoms with van der Waals surface area (Å²) >= 11 is 0. The highest BCUT2D eigenvalue weighted by Crippen LogP contribution is 1.78. The number of amidine groups is 1. The highest BCUT2D eigenvalue weighted by atomic mass is 16.1. The second-order valence-corrected chi connectivity index (χ2v) is 1.80. The van der Waals surface area contributed by atoms with Crippen molar-refractivity contribution in [2.75, 3.05) is 6.54 Å². The molecule has 0 amide bonds. The summed E-state index contributed by atoms with van der Waals surface area (Å²) in [5, 5.41) is 4.66. The van der Waals surface area contributed by atoms with E-state index in [9.17, 15) is 4.79 Å². The van der Waals surface area contributed by atoms with Crippen molar-refractivity contribution in [1.82, 2.24) is 5.12 Å². The number of rotatable bonds is 3. The smallest absolute Gasteiger partial charge is 0.196 e. The van der Waals surface area contributed by atoms with E-state index >= 15 is 0 Å². The van der Waals surface area contributed by atoms with Gasteiger partial charge in [0.15, 0.2) is 11.6 Å². The van der Waals surface area contributed by atoms with Gasteiger partial charge in [0, 0.05) is 6.92 Å². The summed E-state index contributed by atoms with van der Waals surface area (Å²) < 4.78 is 0. The number of ketones is 1. The van der Waals surface area contributed by atoms with Gasteiger partial charge in [-0.2, -0.15) is 0 Å². The fraction of sp³-hybridized carbons (Fsp3) is 0.778. The lowest BCUT2D eigenvalue weighted by atomic mass is 10.4. The molecular formula is C9H24N4O. The van der Waals surface area contributed by atoms with Crippen LogP contribution < -0.4 is 11.6 Å². The molecule has 0 fully saturated rings. The Hall–Kier alpha value is -1.10. The molecule has 4 N–H and O–H groups in total. The molecule has 14 heavy (non-hydrogen) atoms. The minimum absolute atomic E-state index is 0.0654. The lowest BCUT2D eigenvalue weighted by Crippen LogP contribution is -2.31. The van der Waals surface area contributed by atoms with E-state index < -0.39 is 0 Å². The molecule has 0 bridgehead atoms. The minimum atomic E-state index is -0.274. The van der Waals surface area contributed by atoms with Gasteiger partial charge in [0.05, 0.1) is 6.54 Å².